The number of anilines is 2. The molecular formula is C20H21N7O2. The van der Waals surface area contributed by atoms with Crippen LogP contribution in [0.25, 0.3) is 11.3 Å². The van der Waals surface area contributed by atoms with Crippen molar-refractivity contribution in [2.45, 2.75) is 6.92 Å². The maximum Gasteiger partial charge on any atom is 0.255 e. The van der Waals surface area contributed by atoms with Crippen molar-refractivity contribution in [3.05, 3.63) is 47.9 Å². The molecule has 0 spiro atoms. The van der Waals surface area contributed by atoms with E-state index >= 15 is 0 Å². The quantitative estimate of drug-likeness (QED) is 0.642. The Balaban J connectivity index is 1.98. The van der Waals surface area contributed by atoms with Gasteiger partial charge in [-0.1, -0.05) is 6.07 Å². The van der Waals surface area contributed by atoms with Crippen molar-refractivity contribution in [3.8, 4) is 23.1 Å². The maximum atomic E-state index is 12.2. The molecule has 0 saturated heterocycles. The standard InChI is InChI=1S/C20H21N7O2/c1-13-10-23-20(27(3)15-11-24-26(2)12-15)25-18(13)14-5-6-16(17(9-14)29-4)19(28)22-8-7-21/h5-6,9-12H,8H2,1-4H3,(H,22,28). The average Bonchev–Trinajstić information content (AvgIpc) is 3.17. The molecule has 29 heavy (non-hydrogen) atoms. The van der Waals surface area contributed by atoms with Gasteiger partial charge in [0.2, 0.25) is 5.95 Å². The topological polar surface area (TPSA) is 109 Å². The third-order valence-electron chi connectivity index (χ3n) is 4.39. The molecule has 0 bridgehead atoms. The van der Waals surface area contributed by atoms with E-state index in [1.54, 1.807) is 35.3 Å². The van der Waals surface area contributed by atoms with Gasteiger partial charge in [-0.3, -0.25) is 9.48 Å². The second kappa shape index (κ2) is 8.39. The molecule has 0 radical (unpaired) electrons. The number of ether oxygens (including phenoxy) is 1. The fraction of sp³-hybridized carbons (Fsp3) is 0.250. The lowest BCUT2D eigenvalue weighted by Gasteiger charge is -2.17. The van der Waals surface area contributed by atoms with Crippen LogP contribution in [0.3, 0.4) is 0 Å². The summed E-state index contributed by atoms with van der Waals surface area (Å²) in [7, 11) is 5.21. The summed E-state index contributed by atoms with van der Waals surface area (Å²) in [4.78, 5) is 23.2. The van der Waals surface area contributed by atoms with Crippen LogP contribution in [-0.2, 0) is 7.05 Å². The maximum absolute atomic E-state index is 12.2. The number of methoxy groups -OCH3 is 1. The summed E-state index contributed by atoms with van der Waals surface area (Å²) >= 11 is 0. The Morgan fingerprint density at radius 1 is 1.38 bits per heavy atom. The van der Waals surface area contributed by atoms with Gasteiger partial charge in [-0.25, -0.2) is 9.97 Å². The molecule has 9 heteroatoms. The predicted octanol–water partition coefficient (Wildman–Crippen LogP) is 2.22. The van der Waals surface area contributed by atoms with E-state index in [1.165, 1.54) is 7.11 Å². The molecule has 2 heterocycles. The van der Waals surface area contributed by atoms with Gasteiger partial charge < -0.3 is 15.0 Å². The molecule has 1 N–H and O–H groups in total. The van der Waals surface area contributed by atoms with Crippen LogP contribution < -0.4 is 15.0 Å². The number of nitriles is 1. The van der Waals surface area contributed by atoms with Gasteiger partial charge in [0, 0.05) is 32.1 Å². The zero-order valence-electron chi connectivity index (χ0n) is 16.7. The summed E-state index contributed by atoms with van der Waals surface area (Å²) < 4.78 is 7.10. The highest BCUT2D eigenvalue weighted by Gasteiger charge is 2.16. The highest BCUT2D eigenvalue weighted by Crippen LogP contribution is 2.30. The Morgan fingerprint density at radius 2 is 2.17 bits per heavy atom. The number of carbonyl (C=O) groups is 1. The number of rotatable bonds is 6. The monoisotopic (exact) mass is 391 g/mol. The van der Waals surface area contributed by atoms with Crippen LogP contribution in [-0.4, -0.2) is 46.4 Å². The normalized spacial score (nSPS) is 10.3. The van der Waals surface area contributed by atoms with Crippen molar-refractivity contribution in [2.24, 2.45) is 7.05 Å². The number of aromatic nitrogens is 4. The minimum atomic E-state index is -0.369. The number of hydrogen-bond acceptors (Lipinski definition) is 7. The number of carbonyl (C=O) groups excluding carboxylic acids is 1. The summed E-state index contributed by atoms with van der Waals surface area (Å²) in [6.07, 6.45) is 5.37. The van der Waals surface area contributed by atoms with Crippen molar-refractivity contribution in [3.63, 3.8) is 0 Å². The van der Waals surface area contributed by atoms with Gasteiger partial charge in [0.25, 0.3) is 5.91 Å². The fourth-order valence-corrected chi connectivity index (χ4v) is 2.82. The van der Waals surface area contributed by atoms with Crippen LogP contribution in [0.1, 0.15) is 15.9 Å². The molecule has 1 amide bonds. The second-order valence-electron chi connectivity index (χ2n) is 6.39. The lowest BCUT2D eigenvalue weighted by Crippen LogP contribution is -2.24. The van der Waals surface area contributed by atoms with Gasteiger partial charge in [0.15, 0.2) is 0 Å². The van der Waals surface area contributed by atoms with Crippen molar-refractivity contribution in [2.75, 3.05) is 25.6 Å². The van der Waals surface area contributed by atoms with Crippen molar-refractivity contribution < 1.29 is 9.53 Å². The van der Waals surface area contributed by atoms with Crippen LogP contribution in [0.5, 0.6) is 5.75 Å². The van der Waals surface area contributed by atoms with Crippen LogP contribution >= 0.6 is 0 Å². The Morgan fingerprint density at radius 3 is 2.83 bits per heavy atom. The molecule has 0 unspecified atom stereocenters. The molecule has 0 atom stereocenters. The number of aryl methyl sites for hydroxylation is 2. The van der Waals surface area contributed by atoms with Crippen molar-refractivity contribution in [1.29, 1.82) is 5.26 Å². The van der Waals surface area contributed by atoms with E-state index in [9.17, 15) is 4.79 Å². The van der Waals surface area contributed by atoms with Crippen LogP contribution in [0, 0.1) is 18.3 Å². The number of hydrogen-bond donors (Lipinski definition) is 1. The van der Waals surface area contributed by atoms with E-state index < -0.39 is 0 Å². The van der Waals surface area contributed by atoms with Gasteiger partial charge in [0.1, 0.15) is 12.3 Å². The summed E-state index contributed by atoms with van der Waals surface area (Å²) in [5.41, 5.74) is 3.62. The first-order valence-electron chi connectivity index (χ1n) is 8.84. The van der Waals surface area contributed by atoms with Crippen LogP contribution in [0.15, 0.2) is 36.8 Å². The molecule has 0 fully saturated rings. The molecule has 148 valence electrons. The van der Waals surface area contributed by atoms with Gasteiger partial charge in [-0.15, -0.1) is 0 Å². The SMILES string of the molecule is COc1cc(-c2nc(N(C)c3cnn(C)c3)ncc2C)ccc1C(=O)NCC#N. The number of nitrogens with one attached hydrogen (secondary N) is 1. The van der Waals surface area contributed by atoms with Crippen molar-refractivity contribution >= 4 is 17.5 Å². The highest BCUT2D eigenvalue weighted by atomic mass is 16.5. The fourth-order valence-electron chi connectivity index (χ4n) is 2.82. The van der Waals surface area contributed by atoms with E-state index in [-0.39, 0.29) is 12.5 Å². The molecule has 0 aliphatic rings. The first-order valence-corrected chi connectivity index (χ1v) is 8.84. The van der Waals surface area contributed by atoms with E-state index in [1.807, 2.05) is 38.2 Å². The second-order valence-corrected chi connectivity index (χ2v) is 6.39. The van der Waals surface area contributed by atoms with Crippen molar-refractivity contribution in [1.82, 2.24) is 25.1 Å². The van der Waals surface area contributed by atoms with Crippen LogP contribution in [0.2, 0.25) is 0 Å². The largest absolute Gasteiger partial charge is 0.496 e. The lowest BCUT2D eigenvalue weighted by molar-refractivity contribution is 0.0955. The molecular weight excluding hydrogens is 370 g/mol. The lowest BCUT2D eigenvalue weighted by atomic mass is 10.0. The highest BCUT2D eigenvalue weighted by molar-refractivity contribution is 5.97. The smallest absolute Gasteiger partial charge is 0.255 e. The molecule has 1 aromatic carbocycles. The summed E-state index contributed by atoms with van der Waals surface area (Å²) in [6, 6.07) is 7.09. The van der Waals surface area contributed by atoms with Gasteiger partial charge in [0.05, 0.1) is 36.3 Å². The first-order chi connectivity index (χ1) is 13.9. The summed E-state index contributed by atoms with van der Waals surface area (Å²) in [6.45, 7) is 1.85. The third-order valence-corrected chi connectivity index (χ3v) is 4.39. The number of nitrogens with zero attached hydrogens (tertiary/aromatic N) is 6. The third kappa shape index (κ3) is 4.16. The van der Waals surface area contributed by atoms with E-state index in [0.29, 0.717) is 17.3 Å². The average molecular weight is 391 g/mol. The molecule has 9 nitrogen and oxygen atoms in total. The zero-order chi connectivity index (χ0) is 21.0. The molecule has 0 saturated carbocycles. The molecule has 3 aromatic rings. The molecule has 3 rings (SSSR count). The number of benzene rings is 1. The van der Waals surface area contributed by atoms with Gasteiger partial charge in [-0.2, -0.15) is 10.4 Å². The molecule has 2 aromatic heterocycles. The Kier molecular flexibility index (Phi) is 5.74. The van der Waals surface area contributed by atoms with E-state index in [2.05, 4.69) is 15.4 Å². The van der Waals surface area contributed by atoms with Crippen LogP contribution in [0.4, 0.5) is 11.6 Å². The summed E-state index contributed by atoms with van der Waals surface area (Å²) in [5.74, 6) is 0.554. The first kappa shape index (κ1) is 19.8. The molecule has 0 aliphatic heterocycles. The summed E-state index contributed by atoms with van der Waals surface area (Å²) in [5, 5.41) is 15.3. The minimum absolute atomic E-state index is 0.0706. The zero-order valence-corrected chi connectivity index (χ0v) is 16.7. The Labute approximate surface area is 168 Å². The van der Waals surface area contributed by atoms with E-state index in [0.717, 1.165) is 22.5 Å². The minimum Gasteiger partial charge on any atom is -0.496 e. The van der Waals surface area contributed by atoms with E-state index in [4.69, 9.17) is 15.0 Å². The predicted molar refractivity (Wildman–Crippen MR) is 108 cm³/mol. The Bertz CT molecular complexity index is 1080. The number of amides is 1. The Hall–Kier alpha value is -3.93. The van der Waals surface area contributed by atoms with Gasteiger partial charge in [-0.05, 0) is 24.6 Å². The van der Waals surface area contributed by atoms with Gasteiger partial charge >= 0.3 is 0 Å². The molecule has 0 aliphatic carbocycles.